The molecule has 0 amide bonds. The van der Waals surface area contributed by atoms with E-state index in [0.717, 1.165) is 10.8 Å². The quantitative estimate of drug-likeness (QED) is 0.451. The zero-order valence-electron chi connectivity index (χ0n) is 5.77. The first kappa shape index (κ1) is 10.7. The first-order valence-electron chi connectivity index (χ1n) is 3.09. The molecule has 0 fully saturated rings. The van der Waals surface area contributed by atoms with Crippen LogP contribution in [-0.4, -0.2) is 21.8 Å². The third kappa shape index (κ3) is 4.49. The van der Waals surface area contributed by atoms with Gasteiger partial charge in [0.05, 0.1) is 6.61 Å². The van der Waals surface area contributed by atoms with Crippen molar-refractivity contribution < 1.29 is 9.53 Å². The first-order chi connectivity index (χ1) is 4.72. The number of rotatable bonds is 4. The Morgan fingerprint density at radius 2 is 2.40 bits per heavy atom. The molecule has 0 heterocycles. The van der Waals surface area contributed by atoms with Crippen LogP contribution < -0.4 is 0 Å². The van der Waals surface area contributed by atoms with Gasteiger partial charge in [0.2, 0.25) is 0 Å². The summed E-state index contributed by atoms with van der Waals surface area (Å²) in [5.41, 5.74) is 0. The number of ether oxygens (including phenoxy) is 1. The van der Waals surface area contributed by atoms with E-state index in [0.29, 0.717) is 6.61 Å². The molecule has 1 unspecified atom stereocenters. The number of hydrogen-bond donors (Lipinski definition) is 0. The molecule has 0 aliphatic carbocycles. The molecule has 0 aliphatic heterocycles. The fourth-order valence-electron chi connectivity index (χ4n) is 0.446. The number of esters is 1. The molecular formula is C6H10BrIO2. The summed E-state index contributed by atoms with van der Waals surface area (Å²) in [7, 11) is 0. The predicted octanol–water partition coefficient (Wildman–Crippen LogP) is 2.14. The van der Waals surface area contributed by atoms with Crippen molar-refractivity contribution >= 4 is 44.5 Å². The SMILES string of the molecule is CCOC(=O)C(Br)CCI. The van der Waals surface area contributed by atoms with E-state index < -0.39 is 0 Å². The van der Waals surface area contributed by atoms with Crippen molar-refractivity contribution in [1.82, 2.24) is 0 Å². The monoisotopic (exact) mass is 320 g/mol. The summed E-state index contributed by atoms with van der Waals surface area (Å²) < 4.78 is 5.73. The van der Waals surface area contributed by atoms with Gasteiger partial charge in [0.15, 0.2) is 0 Å². The molecule has 4 heteroatoms. The van der Waals surface area contributed by atoms with E-state index in [2.05, 4.69) is 38.5 Å². The van der Waals surface area contributed by atoms with Crippen LogP contribution >= 0.6 is 38.5 Å². The van der Waals surface area contributed by atoms with Gasteiger partial charge < -0.3 is 4.74 Å². The van der Waals surface area contributed by atoms with Gasteiger partial charge in [0.1, 0.15) is 4.83 Å². The molecule has 10 heavy (non-hydrogen) atoms. The van der Waals surface area contributed by atoms with Crippen LogP contribution in [0.5, 0.6) is 0 Å². The Labute approximate surface area is 83.0 Å². The van der Waals surface area contributed by atoms with E-state index >= 15 is 0 Å². The van der Waals surface area contributed by atoms with Crippen LogP contribution in [0.15, 0.2) is 0 Å². The maximum atomic E-state index is 10.9. The standard InChI is InChI=1S/C6H10BrIO2/c1-2-10-6(9)5(7)3-4-8/h5H,2-4H2,1H3. The number of alkyl halides is 2. The Hall–Kier alpha value is 0.680. The Morgan fingerprint density at radius 3 is 2.80 bits per heavy atom. The minimum absolute atomic E-state index is 0.121. The molecule has 0 saturated heterocycles. The lowest BCUT2D eigenvalue weighted by Gasteiger charge is -2.05. The molecule has 60 valence electrons. The van der Waals surface area contributed by atoms with E-state index in [1.807, 2.05) is 6.92 Å². The van der Waals surface area contributed by atoms with E-state index in [1.165, 1.54) is 0 Å². The normalized spacial score (nSPS) is 12.7. The molecule has 0 saturated carbocycles. The van der Waals surface area contributed by atoms with Crippen molar-refractivity contribution in [3.8, 4) is 0 Å². The number of carbonyl (C=O) groups excluding carboxylic acids is 1. The minimum atomic E-state index is -0.154. The highest BCUT2D eigenvalue weighted by Crippen LogP contribution is 2.08. The lowest BCUT2D eigenvalue weighted by molar-refractivity contribution is -0.142. The highest BCUT2D eigenvalue weighted by Gasteiger charge is 2.13. The lowest BCUT2D eigenvalue weighted by atomic mass is 10.3. The molecule has 0 spiro atoms. The second kappa shape index (κ2) is 6.39. The molecule has 0 bridgehead atoms. The fraction of sp³-hybridized carbons (Fsp3) is 0.833. The van der Waals surface area contributed by atoms with E-state index in [4.69, 9.17) is 4.74 Å². The first-order valence-corrected chi connectivity index (χ1v) is 5.53. The van der Waals surface area contributed by atoms with Crippen LogP contribution in [0.1, 0.15) is 13.3 Å². The maximum absolute atomic E-state index is 10.9. The minimum Gasteiger partial charge on any atom is -0.465 e. The summed E-state index contributed by atoms with van der Waals surface area (Å²) in [6, 6.07) is 0. The van der Waals surface area contributed by atoms with Crippen molar-refractivity contribution in [2.45, 2.75) is 18.2 Å². The molecule has 0 radical (unpaired) electrons. The molecule has 0 aromatic carbocycles. The van der Waals surface area contributed by atoms with Crippen LogP contribution in [0, 0.1) is 0 Å². The highest BCUT2D eigenvalue weighted by atomic mass is 127. The average Bonchev–Trinajstić information content (AvgIpc) is 1.89. The van der Waals surface area contributed by atoms with Crippen LogP contribution in [0.25, 0.3) is 0 Å². The van der Waals surface area contributed by atoms with Gasteiger partial charge in [0.25, 0.3) is 0 Å². The number of halogens is 2. The van der Waals surface area contributed by atoms with Crippen molar-refractivity contribution in [3.63, 3.8) is 0 Å². The third-order valence-electron chi connectivity index (χ3n) is 0.905. The van der Waals surface area contributed by atoms with Crippen molar-refractivity contribution in [1.29, 1.82) is 0 Å². The van der Waals surface area contributed by atoms with Gasteiger partial charge in [-0.15, -0.1) is 0 Å². The zero-order chi connectivity index (χ0) is 7.98. The Kier molecular flexibility index (Phi) is 6.83. The summed E-state index contributed by atoms with van der Waals surface area (Å²) in [4.78, 5) is 10.7. The number of carbonyl (C=O) groups is 1. The zero-order valence-corrected chi connectivity index (χ0v) is 9.51. The molecule has 0 N–H and O–H groups in total. The van der Waals surface area contributed by atoms with Crippen LogP contribution in [0.4, 0.5) is 0 Å². The average molecular weight is 321 g/mol. The highest BCUT2D eigenvalue weighted by molar-refractivity contribution is 14.1. The van der Waals surface area contributed by atoms with Crippen molar-refractivity contribution in [3.05, 3.63) is 0 Å². The van der Waals surface area contributed by atoms with Gasteiger partial charge in [-0.25, -0.2) is 0 Å². The smallest absolute Gasteiger partial charge is 0.319 e. The van der Waals surface area contributed by atoms with Crippen LogP contribution in [-0.2, 0) is 9.53 Å². The predicted molar refractivity (Wildman–Crippen MR) is 52.9 cm³/mol. The van der Waals surface area contributed by atoms with Gasteiger partial charge in [-0.05, 0) is 13.3 Å². The van der Waals surface area contributed by atoms with E-state index in [1.54, 1.807) is 0 Å². The van der Waals surface area contributed by atoms with Crippen molar-refractivity contribution in [2.24, 2.45) is 0 Å². The van der Waals surface area contributed by atoms with Crippen molar-refractivity contribution in [2.75, 3.05) is 11.0 Å². The largest absolute Gasteiger partial charge is 0.465 e. The fourth-order valence-corrected chi connectivity index (χ4v) is 2.29. The van der Waals surface area contributed by atoms with Crippen LogP contribution in [0.3, 0.4) is 0 Å². The summed E-state index contributed by atoms with van der Waals surface area (Å²) in [5.74, 6) is -0.154. The number of hydrogen-bond acceptors (Lipinski definition) is 2. The van der Waals surface area contributed by atoms with Gasteiger partial charge in [-0.2, -0.15) is 0 Å². The topological polar surface area (TPSA) is 26.3 Å². The maximum Gasteiger partial charge on any atom is 0.319 e. The van der Waals surface area contributed by atoms with Gasteiger partial charge in [-0.3, -0.25) is 4.79 Å². The van der Waals surface area contributed by atoms with Gasteiger partial charge >= 0.3 is 5.97 Å². The Morgan fingerprint density at radius 1 is 1.80 bits per heavy atom. The van der Waals surface area contributed by atoms with Gasteiger partial charge in [0, 0.05) is 4.43 Å². The molecule has 0 aliphatic rings. The van der Waals surface area contributed by atoms with E-state index in [-0.39, 0.29) is 10.8 Å². The van der Waals surface area contributed by atoms with Crippen LogP contribution in [0.2, 0.25) is 0 Å². The summed E-state index contributed by atoms with van der Waals surface area (Å²) >= 11 is 5.45. The van der Waals surface area contributed by atoms with E-state index in [9.17, 15) is 4.79 Å². The molecule has 0 aromatic rings. The second-order valence-corrected chi connectivity index (χ2v) is 3.88. The Bertz CT molecular complexity index is 108. The molecule has 0 aromatic heterocycles. The second-order valence-electron chi connectivity index (χ2n) is 1.70. The summed E-state index contributed by atoms with van der Waals surface area (Å²) in [6.07, 6.45) is 0.833. The third-order valence-corrected chi connectivity index (χ3v) is 2.36. The molecule has 0 rings (SSSR count). The molecular weight excluding hydrogens is 311 g/mol. The molecule has 1 atom stereocenters. The summed E-state index contributed by atoms with van der Waals surface area (Å²) in [6.45, 7) is 2.27. The molecule has 2 nitrogen and oxygen atoms in total. The Balaban J connectivity index is 3.49. The lowest BCUT2D eigenvalue weighted by Crippen LogP contribution is -2.17. The van der Waals surface area contributed by atoms with Gasteiger partial charge in [-0.1, -0.05) is 38.5 Å². The summed E-state index contributed by atoms with van der Waals surface area (Å²) in [5, 5.41) is 0.